The Kier molecular flexibility index (Phi) is 4.76. The van der Waals surface area contributed by atoms with Gasteiger partial charge in [-0.3, -0.25) is 9.48 Å². The number of aromatic nitrogens is 2. The molecular formula is C18H15BrFN3O. The van der Waals surface area contributed by atoms with Crippen LogP contribution in [0.2, 0.25) is 0 Å². The normalized spacial score (nSPS) is 10.6. The molecule has 1 heterocycles. The lowest BCUT2D eigenvalue weighted by atomic mass is 10.1. The summed E-state index contributed by atoms with van der Waals surface area (Å²) >= 11 is 3.40. The Hall–Kier alpha value is -2.47. The van der Waals surface area contributed by atoms with Crippen LogP contribution in [0.25, 0.3) is 0 Å². The highest BCUT2D eigenvalue weighted by molar-refractivity contribution is 9.10. The van der Waals surface area contributed by atoms with E-state index in [4.69, 9.17) is 0 Å². The van der Waals surface area contributed by atoms with E-state index in [2.05, 4.69) is 26.3 Å². The quantitative estimate of drug-likeness (QED) is 0.721. The topological polar surface area (TPSA) is 46.9 Å². The second kappa shape index (κ2) is 6.97. The predicted octanol–water partition coefficient (Wildman–Crippen LogP) is 4.39. The first-order chi connectivity index (χ1) is 11.5. The van der Waals surface area contributed by atoms with E-state index >= 15 is 0 Å². The molecule has 1 aromatic heterocycles. The molecule has 3 aromatic rings. The van der Waals surface area contributed by atoms with E-state index in [0.29, 0.717) is 22.4 Å². The van der Waals surface area contributed by atoms with Crippen LogP contribution in [-0.2, 0) is 6.54 Å². The van der Waals surface area contributed by atoms with E-state index in [9.17, 15) is 9.18 Å². The third-order valence-corrected chi connectivity index (χ3v) is 4.10. The molecule has 0 aliphatic rings. The van der Waals surface area contributed by atoms with Gasteiger partial charge < -0.3 is 5.32 Å². The smallest absolute Gasteiger partial charge is 0.256 e. The van der Waals surface area contributed by atoms with Gasteiger partial charge >= 0.3 is 0 Å². The Morgan fingerprint density at radius 1 is 1.17 bits per heavy atom. The van der Waals surface area contributed by atoms with Crippen molar-refractivity contribution in [3.05, 3.63) is 81.7 Å². The average molecular weight is 388 g/mol. The lowest BCUT2D eigenvalue weighted by molar-refractivity contribution is 0.102. The van der Waals surface area contributed by atoms with Gasteiger partial charge in [0.15, 0.2) is 5.82 Å². The van der Waals surface area contributed by atoms with Crippen LogP contribution in [0.4, 0.5) is 10.2 Å². The Bertz CT molecular complexity index is 857. The molecule has 1 amide bonds. The Morgan fingerprint density at radius 2 is 1.83 bits per heavy atom. The molecule has 0 saturated carbocycles. The first-order valence-corrected chi connectivity index (χ1v) is 8.16. The third-order valence-electron chi connectivity index (χ3n) is 3.52. The number of amides is 1. The largest absolute Gasteiger partial charge is 0.304 e. The minimum Gasteiger partial charge on any atom is -0.304 e. The summed E-state index contributed by atoms with van der Waals surface area (Å²) in [5.74, 6) is -0.0446. The zero-order valence-electron chi connectivity index (χ0n) is 13.0. The van der Waals surface area contributed by atoms with Crippen LogP contribution in [0.1, 0.15) is 21.5 Å². The maximum Gasteiger partial charge on any atom is 0.256 e. The van der Waals surface area contributed by atoms with E-state index in [0.717, 1.165) is 11.1 Å². The molecule has 3 rings (SSSR count). The standard InChI is InChI=1S/C18H15BrFN3O/c1-12-2-6-14(7-3-12)18(24)21-17-16(19)11-23(22-17)10-13-4-8-15(20)9-5-13/h2-9,11H,10H2,1H3,(H,21,22,24). The molecule has 0 aliphatic carbocycles. The number of nitrogens with one attached hydrogen (secondary N) is 1. The summed E-state index contributed by atoms with van der Waals surface area (Å²) in [7, 11) is 0. The number of carbonyl (C=O) groups excluding carboxylic acids is 1. The fraction of sp³-hybridized carbons (Fsp3) is 0.111. The lowest BCUT2D eigenvalue weighted by Gasteiger charge is -2.04. The number of hydrogen-bond acceptors (Lipinski definition) is 2. The maximum atomic E-state index is 12.9. The van der Waals surface area contributed by atoms with Gasteiger partial charge in [-0.1, -0.05) is 29.8 Å². The van der Waals surface area contributed by atoms with Crippen LogP contribution in [0.3, 0.4) is 0 Å². The summed E-state index contributed by atoms with van der Waals surface area (Å²) in [6.07, 6.45) is 1.77. The summed E-state index contributed by atoms with van der Waals surface area (Å²) in [4.78, 5) is 12.3. The van der Waals surface area contributed by atoms with Crippen molar-refractivity contribution in [2.45, 2.75) is 13.5 Å². The number of rotatable bonds is 4. The number of nitrogens with zero attached hydrogens (tertiary/aromatic N) is 2. The highest BCUT2D eigenvalue weighted by Crippen LogP contribution is 2.21. The summed E-state index contributed by atoms with van der Waals surface area (Å²) < 4.78 is 15.3. The molecule has 0 unspecified atom stereocenters. The highest BCUT2D eigenvalue weighted by atomic mass is 79.9. The van der Waals surface area contributed by atoms with E-state index in [1.165, 1.54) is 12.1 Å². The molecule has 6 heteroatoms. The van der Waals surface area contributed by atoms with E-state index in [1.807, 2.05) is 19.1 Å². The molecular weight excluding hydrogens is 373 g/mol. The average Bonchev–Trinajstić information content (AvgIpc) is 2.89. The van der Waals surface area contributed by atoms with Gasteiger partial charge in [-0.05, 0) is 52.7 Å². The highest BCUT2D eigenvalue weighted by Gasteiger charge is 2.12. The van der Waals surface area contributed by atoms with Crippen molar-refractivity contribution in [1.82, 2.24) is 9.78 Å². The number of anilines is 1. The molecule has 2 aromatic carbocycles. The van der Waals surface area contributed by atoms with Crippen LogP contribution in [0.15, 0.2) is 59.2 Å². The van der Waals surface area contributed by atoms with Crippen LogP contribution in [0, 0.1) is 12.7 Å². The molecule has 0 radical (unpaired) electrons. The minimum absolute atomic E-state index is 0.220. The van der Waals surface area contributed by atoms with Gasteiger partial charge in [0.1, 0.15) is 5.82 Å². The van der Waals surface area contributed by atoms with Crippen molar-refractivity contribution in [3.8, 4) is 0 Å². The maximum absolute atomic E-state index is 12.9. The Balaban J connectivity index is 1.72. The van der Waals surface area contributed by atoms with Gasteiger partial charge in [-0.2, -0.15) is 5.10 Å². The van der Waals surface area contributed by atoms with Crippen LogP contribution >= 0.6 is 15.9 Å². The second-order valence-corrected chi connectivity index (χ2v) is 6.32. The summed E-state index contributed by atoms with van der Waals surface area (Å²) in [5.41, 5.74) is 2.58. The van der Waals surface area contributed by atoms with Crippen molar-refractivity contribution in [1.29, 1.82) is 0 Å². The number of halogens is 2. The Labute approximate surface area is 147 Å². The molecule has 0 bridgehead atoms. The summed E-state index contributed by atoms with van der Waals surface area (Å²) in [6.45, 7) is 2.45. The van der Waals surface area contributed by atoms with Crippen molar-refractivity contribution >= 4 is 27.7 Å². The number of carbonyl (C=O) groups is 1. The van der Waals surface area contributed by atoms with E-state index in [-0.39, 0.29) is 11.7 Å². The predicted molar refractivity (Wildman–Crippen MR) is 94.6 cm³/mol. The fourth-order valence-corrected chi connectivity index (χ4v) is 2.64. The SMILES string of the molecule is Cc1ccc(C(=O)Nc2nn(Cc3ccc(F)cc3)cc2Br)cc1. The minimum atomic E-state index is -0.272. The van der Waals surface area contributed by atoms with Crippen molar-refractivity contribution in [2.75, 3.05) is 5.32 Å². The van der Waals surface area contributed by atoms with Gasteiger partial charge in [-0.15, -0.1) is 0 Å². The monoisotopic (exact) mass is 387 g/mol. The van der Waals surface area contributed by atoms with Gasteiger partial charge in [0, 0.05) is 11.8 Å². The zero-order valence-corrected chi connectivity index (χ0v) is 14.5. The van der Waals surface area contributed by atoms with Crippen LogP contribution in [0.5, 0.6) is 0 Å². The fourth-order valence-electron chi connectivity index (χ4n) is 2.22. The van der Waals surface area contributed by atoms with Crippen molar-refractivity contribution < 1.29 is 9.18 Å². The van der Waals surface area contributed by atoms with Gasteiger partial charge in [0.05, 0.1) is 11.0 Å². The van der Waals surface area contributed by atoms with Crippen molar-refractivity contribution in [2.24, 2.45) is 0 Å². The third kappa shape index (κ3) is 3.89. The second-order valence-electron chi connectivity index (χ2n) is 5.47. The number of aryl methyl sites for hydroxylation is 1. The van der Waals surface area contributed by atoms with Crippen LogP contribution in [-0.4, -0.2) is 15.7 Å². The van der Waals surface area contributed by atoms with Gasteiger partial charge in [-0.25, -0.2) is 4.39 Å². The Morgan fingerprint density at radius 3 is 2.50 bits per heavy atom. The zero-order chi connectivity index (χ0) is 17.1. The molecule has 0 saturated heterocycles. The molecule has 24 heavy (non-hydrogen) atoms. The first-order valence-electron chi connectivity index (χ1n) is 7.37. The molecule has 0 fully saturated rings. The molecule has 0 atom stereocenters. The van der Waals surface area contributed by atoms with Gasteiger partial charge in [0.25, 0.3) is 5.91 Å². The molecule has 122 valence electrons. The lowest BCUT2D eigenvalue weighted by Crippen LogP contribution is -2.13. The number of benzene rings is 2. The molecule has 0 spiro atoms. The van der Waals surface area contributed by atoms with E-state index in [1.54, 1.807) is 35.1 Å². The summed E-state index contributed by atoms with van der Waals surface area (Å²) in [5, 5.41) is 7.14. The number of hydrogen-bond donors (Lipinski definition) is 1. The molecule has 0 aliphatic heterocycles. The summed E-state index contributed by atoms with van der Waals surface area (Å²) in [6, 6.07) is 13.5. The van der Waals surface area contributed by atoms with Crippen molar-refractivity contribution in [3.63, 3.8) is 0 Å². The molecule has 4 nitrogen and oxygen atoms in total. The van der Waals surface area contributed by atoms with E-state index < -0.39 is 0 Å². The van der Waals surface area contributed by atoms with Crippen LogP contribution < -0.4 is 5.32 Å². The molecule has 1 N–H and O–H groups in total. The first kappa shape index (κ1) is 16.4. The van der Waals surface area contributed by atoms with Gasteiger partial charge in [0.2, 0.25) is 0 Å².